The third-order valence-corrected chi connectivity index (χ3v) is 4.66. The summed E-state index contributed by atoms with van der Waals surface area (Å²) in [7, 11) is 0. The van der Waals surface area contributed by atoms with Crippen LogP contribution in [0, 0.1) is 10.1 Å². The maximum atomic E-state index is 12.5. The number of likely N-dealkylation sites (tertiary alicyclic amines) is 1. The van der Waals surface area contributed by atoms with Crippen LogP contribution in [-0.2, 0) is 0 Å². The topological polar surface area (TPSA) is 102 Å². The zero-order chi connectivity index (χ0) is 16.4. The second-order valence-electron chi connectivity index (χ2n) is 5.50. The van der Waals surface area contributed by atoms with E-state index in [4.69, 9.17) is 5.73 Å². The van der Waals surface area contributed by atoms with E-state index in [1.54, 1.807) is 22.4 Å². The molecule has 0 saturated carbocycles. The number of non-ortho nitro benzene ring substituents is 1. The highest BCUT2D eigenvalue weighted by Gasteiger charge is 2.24. The lowest BCUT2D eigenvalue weighted by molar-refractivity contribution is -0.384. The molecular weight excluding hydrogens is 352 g/mol. The van der Waals surface area contributed by atoms with Gasteiger partial charge in [-0.3, -0.25) is 14.9 Å². The summed E-state index contributed by atoms with van der Waals surface area (Å²) in [6, 6.07) is 6.27. The van der Waals surface area contributed by atoms with Crippen molar-refractivity contribution in [2.45, 2.75) is 18.9 Å². The summed E-state index contributed by atoms with van der Waals surface area (Å²) in [6.45, 7) is 1.23. The molecule has 0 spiro atoms. The highest BCUT2D eigenvalue weighted by atomic mass is 35.5. The van der Waals surface area contributed by atoms with Gasteiger partial charge in [0.25, 0.3) is 11.6 Å². The molecular formula is C15H17ClN4O3S. The molecule has 24 heavy (non-hydrogen) atoms. The van der Waals surface area contributed by atoms with Crippen LogP contribution in [0.4, 0.5) is 5.69 Å². The zero-order valence-corrected chi connectivity index (χ0v) is 14.4. The van der Waals surface area contributed by atoms with Crippen LogP contribution in [0.15, 0.2) is 29.6 Å². The molecule has 1 aliphatic rings. The van der Waals surface area contributed by atoms with Crippen LogP contribution in [0.25, 0.3) is 10.6 Å². The third kappa shape index (κ3) is 3.89. The molecule has 128 valence electrons. The predicted octanol–water partition coefficient (Wildman–Crippen LogP) is 2.70. The van der Waals surface area contributed by atoms with Crippen molar-refractivity contribution in [1.82, 2.24) is 9.88 Å². The molecule has 2 heterocycles. The highest BCUT2D eigenvalue weighted by Crippen LogP contribution is 2.27. The van der Waals surface area contributed by atoms with E-state index < -0.39 is 4.92 Å². The van der Waals surface area contributed by atoms with Crippen LogP contribution in [0.2, 0.25) is 0 Å². The smallest absolute Gasteiger partial charge is 0.273 e. The largest absolute Gasteiger partial charge is 0.336 e. The van der Waals surface area contributed by atoms with Gasteiger partial charge in [-0.1, -0.05) is 12.1 Å². The Morgan fingerprint density at radius 2 is 2.25 bits per heavy atom. The number of nitrogens with zero attached hydrogens (tertiary/aromatic N) is 3. The maximum absolute atomic E-state index is 12.5. The van der Waals surface area contributed by atoms with Crippen LogP contribution in [-0.4, -0.2) is 39.8 Å². The van der Waals surface area contributed by atoms with Gasteiger partial charge in [-0.25, -0.2) is 4.98 Å². The van der Waals surface area contributed by atoms with E-state index in [0.29, 0.717) is 29.4 Å². The van der Waals surface area contributed by atoms with Gasteiger partial charge >= 0.3 is 0 Å². The van der Waals surface area contributed by atoms with Gasteiger partial charge in [0.05, 0.1) is 4.92 Å². The third-order valence-electron chi connectivity index (χ3n) is 3.77. The fourth-order valence-electron chi connectivity index (χ4n) is 2.61. The molecule has 7 nitrogen and oxygen atoms in total. The fourth-order valence-corrected chi connectivity index (χ4v) is 3.40. The Hall–Kier alpha value is -2.03. The van der Waals surface area contributed by atoms with Crippen molar-refractivity contribution in [3.05, 3.63) is 45.5 Å². The average molecular weight is 369 g/mol. The minimum absolute atomic E-state index is 0. The quantitative estimate of drug-likeness (QED) is 0.662. The van der Waals surface area contributed by atoms with Crippen molar-refractivity contribution in [1.29, 1.82) is 0 Å². The number of hydrogen-bond acceptors (Lipinski definition) is 6. The van der Waals surface area contributed by atoms with Gasteiger partial charge < -0.3 is 10.6 Å². The van der Waals surface area contributed by atoms with Gasteiger partial charge in [0.2, 0.25) is 0 Å². The van der Waals surface area contributed by atoms with Gasteiger partial charge in [-0.2, -0.15) is 0 Å². The number of amides is 1. The number of nitrogens with two attached hydrogens (primary N) is 1. The highest BCUT2D eigenvalue weighted by molar-refractivity contribution is 7.13. The Labute approximate surface area is 149 Å². The lowest BCUT2D eigenvalue weighted by atomic mass is 10.1. The second-order valence-corrected chi connectivity index (χ2v) is 6.36. The molecule has 3 rings (SSSR count). The molecule has 1 saturated heterocycles. The Bertz CT molecular complexity index is 752. The number of nitro benzene ring substituents is 1. The lowest BCUT2D eigenvalue weighted by Gasteiger charge is -2.30. The first-order valence-corrected chi connectivity index (χ1v) is 8.18. The zero-order valence-electron chi connectivity index (χ0n) is 12.8. The molecule has 9 heteroatoms. The molecule has 0 radical (unpaired) electrons. The van der Waals surface area contributed by atoms with Gasteiger partial charge in [0.1, 0.15) is 10.7 Å². The van der Waals surface area contributed by atoms with Gasteiger partial charge in [-0.05, 0) is 12.8 Å². The SMILES string of the molecule is Cl.NC1CCCN(C(=O)c2csc(-c3cccc([N+](=O)[O-])c3)n2)C1. The number of rotatable bonds is 3. The monoisotopic (exact) mass is 368 g/mol. The standard InChI is InChI=1S/C15H16N4O3S.ClH/c16-11-4-2-6-18(8-11)15(20)13-9-23-14(17-13)10-3-1-5-12(7-10)19(21)22;/h1,3,5,7,9,11H,2,4,6,8,16H2;1H. The van der Waals surface area contributed by atoms with Crippen LogP contribution in [0.3, 0.4) is 0 Å². The van der Waals surface area contributed by atoms with E-state index in [-0.39, 0.29) is 30.0 Å². The Kier molecular flexibility index (Phi) is 5.87. The first-order valence-electron chi connectivity index (χ1n) is 7.30. The Balaban J connectivity index is 0.00000208. The van der Waals surface area contributed by atoms with Crippen molar-refractivity contribution < 1.29 is 9.72 Å². The van der Waals surface area contributed by atoms with Crippen molar-refractivity contribution >= 4 is 35.3 Å². The predicted molar refractivity (Wildman–Crippen MR) is 94.6 cm³/mol. The molecule has 1 aromatic heterocycles. The normalized spacial score (nSPS) is 17.2. The van der Waals surface area contributed by atoms with E-state index in [9.17, 15) is 14.9 Å². The van der Waals surface area contributed by atoms with E-state index >= 15 is 0 Å². The van der Waals surface area contributed by atoms with Crippen LogP contribution < -0.4 is 5.73 Å². The van der Waals surface area contributed by atoms with Crippen LogP contribution in [0.5, 0.6) is 0 Å². The number of hydrogen-bond donors (Lipinski definition) is 1. The molecule has 0 bridgehead atoms. The Morgan fingerprint density at radius 1 is 1.46 bits per heavy atom. The second kappa shape index (κ2) is 7.69. The first kappa shape index (κ1) is 18.3. The number of piperidine rings is 1. The average Bonchev–Trinajstić information content (AvgIpc) is 3.04. The van der Waals surface area contributed by atoms with Gasteiger partial charge in [0, 0.05) is 42.2 Å². The minimum Gasteiger partial charge on any atom is -0.336 e. The number of carbonyl (C=O) groups excluding carboxylic acids is 1. The molecule has 1 aromatic carbocycles. The summed E-state index contributed by atoms with van der Waals surface area (Å²) < 4.78 is 0. The number of carbonyl (C=O) groups is 1. The van der Waals surface area contributed by atoms with E-state index in [2.05, 4.69) is 4.98 Å². The van der Waals surface area contributed by atoms with Gasteiger partial charge in [-0.15, -0.1) is 23.7 Å². The fraction of sp³-hybridized carbons (Fsp3) is 0.333. The maximum Gasteiger partial charge on any atom is 0.273 e. The number of benzene rings is 1. The van der Waals surface area contributed by atoms with Crippen molar-refractivity contribution in [2.75, 3.05) is 13.1 Å². The number of thiazole rings is 1. The van der Waals surface area contributed by atoms with Gasteiger partial charge in [0.15, 0.2) is 0 Å². The van der Waals surface area contributed by atoms with Crippen molar-refractivity contribution in [3.8, 4) is 10.6 Å². The molecule has 1 aliphatic heterocycles. The molecule has 1 fully saturated rings. The Morgan fingerprint density at radius 3 is 2.96 bits per heavy atom. The molecule has 2 aromatic rings. The molecule has 2 N–H and O–H groups in total. The van der Waals surface area contributed by atoms with E-state index in [1.165, 1.54) is 23.5 Å². The number of nitro groups is 1. The molecule has 0 aliphatic carbocycles. The lowest BCUT2D eigenvalue weighted by Crippen LogP contribution is -2.45. The summed E-state index contributed by atoms with van der Waals surface area (Å²) in [5.74, 6) is -0.131. The molecule has 1 amide bonds. The summed E-state index contributed by atoms with van der Waals surface area (Å²) in [5, 5.41) is 13.1. The molecule has 1 unspecified atom stereocenters. The van der Waals surface area contributed by atoms with E-state index in [1.807, 2.05) is 0 Å². The van der Waals surface area contributed by atoms with E-state index in [0.717, 1.165) is 12.8 Å². The van der Waals surface area contributed by atoms with Crippen molar-refractivity contribution in [2.24, 2.45) is 5.73 Å². The number of halogens is 1. The summed E-state index contributed by atoms with van der Waals surface area (Å²) in [6.07, 6.45) is 1.83. The summed E-state index contributed by atoms with van der Waals surface area (Å²) in [4.78, 5) is 28.9. The molecule has 1 atom stereocenters. The number of aromatic nitrogens is 1. The van der Waals surface area contributed by atoms with Crippen LogP contribution in [0.1, 0.15) is 23.3 Å². The summed E-state index contributed by atoms with van der Waals surface area (Å²) in [5.41, 5.74) is 6.92. The summed E-state index contributed by atoms with van der Waals surface area (Å²) >= 11 is 1.30. The first-order chi connectivity index (χ1) is 11.0. The minimum atomic E-state index is -0.446. The van der Waals surface area contributed by atoms with Crippen LogP contribution >= 0.6 is 23.7 Å². The van der Waals surface area contributed by atoms with Crippen molar-refractivity contribution in [3.63, 3.8) is 0 Å².